The maximum atomic E-state index is 13.5. The lowest BCUT2D eigenvalue weighted by atomic mass is 10.0. The van der Waals surface area contributed by atoms with Gasteiger partial charge in [-0.2, -0.15) is 0 Å². The van der Waals surface area contributed by atoms with Crippen molar-refractivity contribution in [3.63, 3.8) is 0 Å². The highest BCUT2D eigenvalue weighted by Gasteiger charge is 2.23. The molecule has 1 heterocycles. The Balaban J connectivity index is 0.00000128. The number of ether oxygens (including phenoxy) is 1. The summed E-state index contributed by atoms with van der Waals surface area (Å²) < 4.78 is 18.2. The number of carbonyl (C=O) groups is 1. The predicted octanol–water partition coefficient (Wildman–Crippen LogP) is 3.07. The summed E-state index contributed by atoms with van der Waals surface area (Å²) in [5.74, 6) is -0.408. The Bertz CT molecular complexity index is 400. The third-order valence-electron chi connectivity index (χ3n) is 2.27. The summed E-state index contributed by atoms with van der Waals surface area (Å²) in [6.07, 6.45) is 0.0465. The van der Waals surface area contributed by atoms with Crippen LogP contribution in [0.25, 0.3) is 0 Å². The molecule has 0 aromatic heterocycles. The molecular formula is C10H10Cl2FNO2. The quantitative estimate of drug-likeness (QED) is 0.848. The number of rotatable bonds is 1. The maximum Gasteiger partial charge on any atom is 0.407 e. The molecule has 1 fully saturated rings. The summed E-state index contributed by atoms with van der Waals surface area (Å²) in [5.41, 5.74) is 0.441. The number of cyclic esters (lactones) is 1. The number of halogens is 3. The third kappa shape index (κ3) is 2.77. The predicted molar refractivity (Wildman–Crippen MR) is 60.5 cm³/mol. The van der Waals surface area contributed by atoms with Crippen molar-refractivity contribution in [3.8, 4) is 0 Å². The van der Waals surface area contributed by atoms with Crippen LogP contribution in [0.1, 0.15) is 18.0 Å². The minimum atomic E-state index is -0.513. The summed E-state index contributed by atoms with van der Waals surface area (Å²) in [4.78, 5) is 10.9. The maximum absolute atomic E-state index is 13.5. The van der Waals surface area contributed by atoms with Crippen molar-refractivity contribution in [2.45, 2.75) is 12.5 Å². The average Bonchev–Trinajstić information content (AvgIpc) is 2.17. The van der Waals surface area contributed by atoms with Gasteiger partial charge < -0.3 is 10.1 Å². The second-order valence-electron chi connectivity index (χ2n) is 3.29. The molecule has 6 heteroatoms. The SMILES string of the molecule is Cl.O=C1N[C@@H](c2ccc(Cl)cc2F)CCO1. The van der Waals surface area contributed by atoms with Gasteiger partial charge in [-0.05, 0) is 12.1 Å². The summed E-state index contributed by atoms with van der Waals surface area (Å²) in [7, 11) is 0. The first-order valence-corrected chi connectivity index (χ1v) is 4.93. The average molecular weight is 266 g/mol. The van der Waals surface area contributed by atoms with Gasteiger partial charge in [0, 0.05) is 17.0 Å². The van der Waals surface area contributed by atoms with Crippen molar-refractivity contribution in [2.75, 3.05) is 6.61 Å². The number of hydrogen-bond donors (Lipinski definition) is 1. The van der Waals surface area contributed by atoms with Crippen LogP contribution in [-0.4, -0.2) is 12.7 Å². The molecule has 88 valence electrons. The van der Waals surface area contributed by atoms with E-state index in [0.29, 0.717) is 23.6 Å². The van der Waals surface area contributed by atoms with Gasteiger partial charge in [-0.3, -0.25) is 0 Å². The molecule has 1 amide bonds. The number of benzene rings is 1. The normalized spacial score (nSPS) is 19.4. The number of alkyl carbamates (subject to hydrolysis) is 1. The van der Waals surface area contributed by atoms with E-state index in [-0.39, 0.29) is 18.4 Å². The van der Waals surface area contributed by atoms with Crippen LogP contribution in [0, 0.1) is 5.82 Å². The van der Waals surface area contributed by atoms with Crippen molar-refractivity contribution in [3.05, 3.63) is 34.6 Å². The second-order valence-corrected chi connectivity index (χ2v) is 3.72. The highest BCUT2D eigenvalue weighted by atomic mass is 35.5. The van der Waals surface area contributed by atoms with Gasteiger partial charge in [0.15, 0.2) is 0 Å². The highest BCUT2D eigenvalue weighted by molar-refractivity contribution is 6.30. The van der Waals surface area contributed by atoms with Crippen LogP contribution in [0.5, 0.6) is 0 Å². The van der Waals surface area contributed by atoms with Crippen molar-refractivity contribution < 1.29 is 13.9 Å². The number of nitrogens with one attached hydrogen (secondary N) is 1. The zero-order valence-corrected chi connectivity index (χ0v) is 9.78. The molecule has 3 nitrogen and oxygen atoms in total. The van der Waals surface area contributed by atoms with Crippen LogP contribution in [0.2, 0.25) is 5.02 Å². The van der Waals surface area contributed by atoms with Crippen molar-refractivity contribution in [1.29, 1.82) is 0 Å². The number of hydrogen-bond acceptors (Lipinski definition) is 2. The number of carbonyl (C=O) groups excluding carboxylic acids is 1. The summed E-state index contributed by atoms with van der Waals surface area (Å²) >= 11 is 5.63. The second kappa shape index (κ2) is 5.37. The largest absolute Gasteiger partial charge is 0.449 e. The van der Waals surface area contributed by atoms with E-state index in [1.54, 1.807) is 12.1 Å². The van der Waals surface area contributed by atoms with Gasteiger partial charge in [0.05, 0.1) is 12.6 Å². The van der Waals surface area contributed by atoms with E-state index in [2.05, 4.69) is 5.32 Å². The molecule has 0 bridgehead atoms. The molecule has 1 aliphatic rings. The van der Waals surface area contributed by atoms with Crippen LogP contribution in [-0.2, 0) is 4.74 Å². The lowest BCUT2D eigenvalue weighted by Gasteiger charge is -2.23. The van der Waals surface area contributed by atoms with E-state index >= 15 is 0 Å². The van der Waals surface area contributed by atoms with Crippen molar-refractivity contribution in [1.82, 2.24) is 5.32 Å². The number of amides is 1. The van der Waals surface area contributed by atoms with Crippen molar-refractivity contribution in [2.24, 2.45) is 0 Å². The Morgan fingerprint density at radius 3 is 2.88 bits per heavy atom. The molecule has 1 atom stereocenters. The minimum Gasteiger partial charge on any atom is -0.449 e. The lowest BCUT2D eigenvalue weighted by molar-refractivity contribution is 0.115. The van der Waals surface area contributed by atoms with E-state index < -0.39 is 11.9 Å². The molecule has 0 unspecified atom stereocenters. The van der Waals surface area contributed by atoms with Gasteiger partial charge in [0.25, 0.3) is 0 Å². The lowest BCUT2D eigenvalue weighted by Crippen LogP contribution is -2.35. The molecule has 2 rings (SSSR count). The van der Waals surface area contributed by atoms with E-state index in [1.807, 2.05) is 0 Å². The Kier molecular flexibility index (Phi) is 4.38. The van der Waals surface area contributed by atoms with Gasteiger partial charge in [-0.25, -0.2) is 9.18 Å². The van der Waals surface area contributed by atoms with Crippen molar-refractivity contribution >= 4 is 30.1 Å². The molecule has 1 N–H and O–H groups in total. The standard InChI is InChI=1S/C10H9ClFNO2.ClH/c11-6-1-2-7(8(12)5-6)9-3-4-15-10(14)13-9;/h1-2,5,9H,3-4H2,(H,13,14);1H/t9-;/m1./s1. The fourth-order valence-corrected chi connectivity index (χ4v) is 1.70. The van der Waals surface area contributed by atoms with Crippen LogP contribution >= 0.6 is 24.0 Å². The molecule has 16 heavy (non-hydrogen) atoms. The van der Waals surface area contributed by atoms with Gasteiger partial charge in [0.1, 0.15) is 5.82 Å². The Labute approximate surface area is 103 Å². The molecule has 1 aromatic carbocycles. The molecule has 0 spiro atoms. The smallest absolute Gasteiger partial charge is 0.407 e. The van der Waals surface area contributed by atoms with Crippen LogP contribution in [0.3, 0.4) is 0 Å². The summed E-state index contributed by atoms with van der Waals surface area (Å²) in [6.45, 7) is 0.304. The highest BCUT2D eigenvalue weighted by Crippen LogP contribution is 2.24. The molecule has 1 aliphatic heterocycles. The first-order valence-electron chi connectivity index (χ1n) is 4.55. The monoisotopic (exact) mass is 265 g/mol. The van der Waals surface area contributed by atoms with Crippen LogP contribution in [0.4, 0.5) is 9.18 Å². The Morgan fingerprint density at radius 2 is 2.25 bits per heavy atom. The van der Waals surface area contributed by atoms with E-state index in [4.69, 9.17) is 16.3 Å². The zero-order valence-electron chi connectivity index (χ0n) is 8.20. The first-order chi connectivity index (χ1) is 7.16. The Morgan fingerprint density at radius 1 is 1.50 bits per heavy atom. The fourth-order valence-electron chi connectivity index (χ4n) is 1.54. The van der Waals surface area contributed by atoms with E-state index in [0.717, 1.165) is 0 Å². The van der Waals surface area contributed by atoms with Gasteiger partial charge >= 0.3 is 6.09 Å². The van der Waals surface area contributed by atoms with Crippen LogP contribution < -0.4 is 5.32 Å². The summed E-state index contributed by atoms with van der Waals surface area (Å²) in [5, 5.41) is 2.89. The molecule has 1 aromatic rings. The molecule has 0 aliphatic carbocycles. The first kappa shape index (κ1) is 13.1. The fraction of sp³-hybridized carbons (Fsp3) is 0.300. The van der Waals surface area contributed by atoms with Gasteiger partial charge in [-0.1, -0.05) is 17.7 Å². The molecule has 0 saturated carbocycles. The van der Waals surface area contributed by atoms with Crippen LogP contribution in [0.15, 0.2) is 18.2 Å². The van der Waals surface area contributed by atoms with E-state index in [9.17, 15) is 9.18 Å². The molecular weight excluding hydrogens is 256 g/mol. The Hall–Kier alpha value is -1.00. The zero-order chi connectivity index (χ0) is 10.8. The van der Waals surface area contributed by atoms with E-state index in [1.165, 1.54) is 6.07 Å². The van der Waals surface area contributed by atoms with Gasteiger partial charge in [0.2, 0.25) is 0 Å². The van der Waals surface area contributed by atoms with Gasteiger partial charge in [-0.15, -0.1) is 12.4 Å². The molecule has 1 saturated heterocycles. The minimum absolute atomic E-state index is 0. The third-order valence-corrected chi connectivity index (χ3v) is 2.50. The topological polar surface area (TPSA) is 38.3 Å². The summed E-state index contributed by atoms with van der Waals surface area (Å²) in [6, 6.07) is 4.08. The molecule has 0 radical (unpaired) electrons.